The summed E-state index contributed by atoms with van der Waals surface area (Å²) in [7, 11) is 0. The van der Waals surface area contributed by atoms with E-state index in [4.69, 9.17) is 4.74 Å². The summed E-state index contributed by atoms with van der Waals surface area (Å²) in [5, 5.41) is 0. The van der Waals surface area contributed by atoms with Crippen molar-refractivity contribution in [2.75, 3.05) is 0 Å². The maximum atomic E-state index is 11.2. The second-order valence-corrected chi connectivity index (χ2v) is 4.01. The summed E-state index contributed by atoms with van der Waals surface area (Å²) in [6.45, 7) is 11.0. The van der Waals surface area contributed by atoms with Gasteiger partial charge in [-0.15, -0.1) is 0 Å². The average molecular weight is 182 g/mol. The monoisotopic (exact) mass is 182 g/mol. The van der Waals surface area contributed by atoms with E-state index in [1.165, 1.54) is 0 Å². The third-order valence-corrected chi connectivity index (χ3v) is 1.25. The lowest BCUT2D eigenvalue weighted by Crippen LogP contribution is -2.23. The lowest BCUT2D eigenvalue weighted by Gasteiger charge is -2.19. The molecule has 0 aliphatic carbocycles. The first kappa shape index (κ1) is 11.9. The highest BCUT2D eigenvalue weighted by molar-refractivity contribution is 5.72. The largest absolute Gasteiger partial charge is 0.460 e. The normalized spacial score (nSPS) is 12.5. The third-order valence-electron chi connectivity index (χ3n) is 1.25. The molecule has 0 aliphatic rings. The van der Waals surface area contributed by atoms with Gasteiger partial charge in [-0.1, -0.05) is 24.3 Å². The van der Waals surface area contributed by atoms with Crippen molar-refractivity contribution >= 4 is 5.97 Å². The molecule has 2 nitrogen and oxygen atoms in total. The van der Waals surface area contributed by atoms with Crippen LogP contribution in [0.3, 0.4) is 0 Å². The molecule has 0 amide bonds. The summed E-state index contributed by atoms with van der Waals surface area (Å²) in [5.41, 5.74) is 0.565. The Hall–Kier alpha value is -1.05. The van der Waals surface area contributed by atoms with Gasteiger partial charge in [-0.25, -0.2) is 0 Å². The second-order valence-electron chi connectivity index (χ2n) is 4.01. The number of hydrogen-bond acceptors (Lipinski definition) is 2. The molecule has 0 unspecified atom stereocenters. The number of carbonyl (C=O) groups excluding carboxylic acids is 1. The minimum absolute atomic E-state index is 0.192. The van der Waals surface area contributed by atoms with Crippen LogP contribution in [0.5, 0.6) is 0 Å². The van der Waals surface area contributed by atoms with Crippen molar-refractivity contribution in [3.8, 4) is 0 Å². The van der Waals surface area contributed by atoms with Crippen LogP contribution in [0, 0.1) is 0 Å². The van der Waals surface area contributed by atoms with Gasteiger partial charge in [0.25, 0.3) is 0 Å². The SMILES string of the molecule is C=CC=C(C)CC(=O)OC(C)(C)C. The van der Waals surface area contributed by atoms with Crippen LogP contribution in [-0.2, 0) is 9.53 Å². The molecule has 0 aromatic heterocycles. The van der Waals surface area contributed by atoms with Crippen molar-refractivity contribution in [2.45, 2.75) is 39.7 Å². The highest BCUT2D eigenvalue weighted by atomic mass is 16.6. The minimum Gasteiger partial charge on any atom is -0.460 e. The van der Waals surface area contributed by atoms with Gasteiger partial charge in [-0.2, -0.15) is 0 Å². The molecule has 0 aromatic carbocycles. The van der Waals surface area contributed by atoms with Gasteiger partial charge >= 0.3 is 5.97 Å². The Labute approximate surface area is 80.3 Å². The molecular weight excluding hydrogens is 164 g/mol. The lowest BCUT2D eigenvalue weighted by atomic mass is 10.1. The quantitative estimate of drug-likeness (QED) is 0.495. The van der Waals surface area contributed by atoms with Gasteiger partial charge in [0.1, 0.15) is 5.60 Å². The minimum atomic E-state index is -0.397. The molecule has 0 N–H and O–H groups in total. The van der Waals surface area contributed by atoms with Crippen molar-refractivity contribution in [3.63, 3.8) is 0 Å². The maximum absolute atomic E-state index is 11.2. The fourth-order valence-electron chi connectivity index (χ4n) is 0.865. The Bertz CT molecular complexity index is 219. The van der Waals surface area contributed by atoms with E-state index < -0.39 is 5.60 Å². The Morgan fingerprint density at radius 1 is 1.46 bits per heavy atom. The van der Waals surface area contributed by atoms with Crippen LogP contribution in [0.4, 0.5) is 0 Å². The zero-order valence-corrected chi connectivity index (χ0v) is 8.89. The van der Waals surface area contributed by atoms with Gasteiger partial charge in [-0.3, -0.25) is 4.79 Å². The summed E-state index contributed by atoms with van der Waals surface area (Å²) in [6, 6.07) is 0. The highest BCUT2D eigenvalue weighted by Gasteiger charge is 2.15. The number of carbonyl (C=O) groups is 1. The summed E-state index contributed by atoms with van der Waals surface area (Å²) in [4.78, 5) is 11.2. The van der Waals surface area contributed by atoms with E-state index in [9.17, 15) is 4.79 Å². The van der Waals surface area contributed by atoms with Crippen LogP contribution in [0.25, 0.3) is 0 Å². The number of rotatable bonds is 3. The first-order chi connectivity index (χ1) is 5.85. The fraction of sp³-hybridized carbons (Fsp3) is 0.545. The van der Waals surface area contributed by atoms with Crippen LogP contribution in [-0.4, -0.2) is 11.6 Å². The van der Waals surface area contributed by atoms with Crippen LogP contribution in [0.1, 0.15) is 34.1 Å². The molecule has 0 rings (SSSR count). The molecule has 0 heterocycles. The number of allylic oxidation sites excluding steroid dienone is 2. The smallest absolute Gasteiger partial charge is 0.310 e. The molecule has 0 saturated heterocycles. The summed E-state index contributed by atoms with van der Waals surface area (Å²) >= 11 is 0. The molecule has 2 heteroatoms. The van der Waals surface area contributed by atoms with Gasteiger partial charge < -0.3 is 4.74 Å². The lowest BCUT2D eigenvalue weighted by molar-refractivity contribution is -0.153. The fourth-order valence-corrected chi connectivity index (χ4v) is 0.865. The van der Waals surface area contributed by atoms with Crippen LogP contribution in [0.2, 0.25) is 0 Å². The van der Waals surface area contributed by atoms with Gasteiger partial charge in [0.15, 0.2) is 0 Å². The Morgan fingerprint density at radius 3 is 2.38 bits per heavy atom. The van der Waals surface area contributed by atoms with Crippen molar-refractivity contribution < 1.29 is 9.53 Å². The van der Waals surface area contributed by atoms with Crippen molar-refractivity contribution in [3.05, 3.63) is 24.3 Å². The van der Waals surface area contributed by atoms with E-state index >= 15 is 0 Å². The van der Waals surface area contributed by atoms with E-state index in [1.54, 1.807) is 6.08 Å². The van der Waals surface area contributed by atoms with Crippen LogP contribution < -0.4 is 0 Å². The predicted molar refractivity (Wildman–Crippen MR) is 54.4 cm³/mol. The first-order valence-corrected chi connectivity index (χ1v) is 4.35. The molecule has 0 bridgehead atoms. The summed E-state index contributed by atoms with van der Waals surface area (Å²) in [5.74, 6) is -0.192. The molecule has 13 heavy (non-hydrogen) atoms. The summed E-state index contributed by atoms with van der Waals surface area (Å²) in [6.07, 6.45) is 3.81. The number of hydrogen-bond donors (Lipinski definition) is 0. The van der Waals surface area contributed by atoms with E-state index in [1.807, 2.05) is 33.8 Å². The summed E-state index contributed by atoms with van der Waals surface area (Å²) < 4.78 is 5.14. The maximum Gasteiger partial charge on any atom is 0.310 e. The van der Waals surface area contributed by atoms with Gasteiger partial charge in [-0.05, 0) is 27.7 Å². The van der Waals surface area contributed by atoms with Gasteiger partial charge in [0.05, 0.1) is 6.42 Å². The molecule has 74 valence electrons. The van der Waals surface area contributed by atoms with Crippen molar-refractivity contribution in [1.82, 2.24) is 0 Å². The highest BCUT2D eigenvalue weighted by Crippen LogP contribution is 2.10. The first-order valence-electron chi connectivity index (χ1n) is 4.35. The van der Waals surface area contributed by atoms with Crippen molar-refractivity contribution in [2.24, 2.45) is 0 Å². The zero-order valence-electron chi connectivity index (χ0n) is 8.89. The van der Waals surface area contributed by atoms with Crippen LogP contribution in [0.15, 0.2) is 24.3 Å². The number of esters is 1. The molecule has 0 fully saturated rings. The standard InChI is InChI=1S/C11H18O2/c1-6-7-9(2)8-10(12)13-11(3,4)5/h6-7H,1,8H2,2-5H3. The van der Waals surface area contributed by atoms with E-state index in [0.29, 0.717) is 6.42 Å². The Morgan fingerprint density at radius 2 is 2.00 bits per heavy atom. The van der Waals surface area contributed by atoms with E-state index in [-0.39, 0.29) is 5.97 Å². The molecule has 0 atom stereocenters. The average Bonchev–Trinajstić information content (AvgIpc) is 1.81. The van der Waals surface area contributed by atoms with Crippen LogP contribution >= 0.6 is 0 Å². The Balaban J connectivity index is 4.03. The van der Waals surface area contributed by atoms with E-state index in [0.717, 1.165) is 5.57 Å². The molecule has 0 spiro atoms. The molecular formula is C11H18O2. The molecule has 0 aromatic rings. The predicted octanol–water partition coefficient (Wildman–Crippen LogP) is 2.85. The molecule has 0 radical (unpaired) electrons. The van der Waals surface area contributed by atoms with E-state index in [2.05, 4.69) is 6.58 Å². The number of ether oxygens (including phenoxy) is 1. The van der Waals surface area contributed by atoms with Crippen molar-refractivity contribution in [1.29, 1.82) is 0 Å². The Kier molecular flexibility index (Phi) is 4.46. The van der Waals surface area contributed by atoms with Gasteiger partial charge in [0.2, 0.25) is 0 Å². The second kappa shape index (κ2) is 4.85. The molecule has 0 saturated carbocycles. The van der Waals surface area contributed by atoms with Gasteiger partial charge in [0, 0.05) is 0 Å². The third kappa shape index (κ3) is 7.32. The topological polar surface area (TPSA) is 26.3 Å². The molecule has 0 aliphatic heterocycles. The zero-order chi connectivity index (χ0) is 10.5.